The standard InChI is InChI=1S/C33H49N3O4S/c1-20(2)14-17-25(7)36(31(38)27(19-41)34-32(39)40-33(8,9)10)29(26-18-21(3)15-16-22(26)4)30(37)35-28-23(5)12-11-13-24(28)6/h11-13,15-16,18,20,25,27,29,41H,14,17,19H2,1-10H3,(H,34,39)(H,35,37). The minimum absolute atomic E-state index is 0.0452. The van der Waals surface area contributed by atoms with Crippen molar-refractivity contribution in [3.05, 3.63) is 64.2 Å². The molecule has 2 N–H and O–H groups in total. The van der Waals surface area contributed by atoms with E-state index in [1.165, 1.54) is 0 Å². The highest BCUT2D eigenvalue weighted by Crippen LogP contribution is 2.32. The lowest BCUT2D eigenvalue weighted by atomic mass is 9.93. The van der Waals surface area contributed by atoms with Gasteiger partial charge in [0.1, 0.15) is 17.7 Å². The van der Waals surface area contributed by atoms with Crippen LogP contribution in [0.4, 0.5) is 10.5 Å². The van der Waals surface area contributed by atoms with Gasteiger partial charge < -0.3 is 20.3 Å². The fraction of sp³-hybridized carbons (Fsp3) is 0.545. The molecule has 226 valence electrons. The molecule has 2 aromatic carbocycles. The normalized spacial score (nSPS) is 13.8. The smallest absolute Gasteiger partial charge is 0.408 e. The van der Waals surface area contributed by atoms with Gasteiger partial charge in [0.25, 0.3) is 5.91 Å². The number of benzene rings is 2. The molecule has 0 aliphatic heterocycles. The van der Waals surface area contributed by atoms with Gasteiger partial charge in [-0.2, -0.15) is 12.6 Å². The number of nitrogens with one attached hydrogen (secondary N) is 2. The zero-order chi connectivity index (χ0) is 31.1. The molecular formula is C33H49N3O4S. The summed E-state index contributed by atoms with van der Waals surface area (Å²) in [5.74, 6) is -0.234. The van der Waals surface area contributed by atoms with Gasteiger partial charge in [0.2, 0.25) is 5.91 Å². The highest BCUT2D eigenvalue weighted by atomic mass is 32.1. The fourth-order valence-electron chi connectivity index (χ4n) is 4.80. The first-order valence-electron chi connectivity index (χ1n) is 14.4. The van der Waals surface area contributed by atoms with Crippen molar-refractivity contribution in [3.63, 3.8) is 0 Å². The van der Waals surface area contributed by atoms with E-state index in [4.69, 9.17) is 4.74 Å². The third-order valence-electron chi connectivity index (χ3n) is 7.05. The summed E-state index contributed by atoms with van der Waals surface area (Å²) in [5, 5.41) is 5.85. The molecule has 3 amide bonds. The van der Waals surface area contributed by atoms with Crippen molar-refractivity contribution in [3.8, 4) is 0 Å². The topological polar surface area (TPSA) is 87.7 Å². The van der Waals surface area contributed by atoms with Crippen LogP contribution in [-0.2, 0) is 14.3 Å². The van der Waals surface area contributed by atoms with E-state index in [1.54, 1.807) is 25.7 Å². The van der Waals surface area contributed by atoms with Gasteiger partial charge in [-0.15, -0.1) is 0 Å². The van der Waals surface area contributed by atoms with Crippen molar-refractivity contribution in [2.75, 3.05) is 11.1 Å². The van der Waals surface area contributed by atoms with Gasteiger partial charge >= 0.3 is 6.09 Å². The maximum atomic E-state index is 14.4. The fourth-order valence-corrected chi connectivity index (χ4v) is 5.05. The van der Waals surface area contributed by atoms with Crippen LogP contribution in [0.3, 0.4) is 0 Å². The Morgan fingerprint density at radius 2 is 1.54 bits per heavy atom. The molecule has 7 nitrogen and oxygen atoms in total. The predicted octanol–water partition coefficient (Wildman–Crippen LogP) is 7.08. The molecule has 41 heavy (non-hydrogen) atoms. The molecule has 2 rings (SSSR count). The number of hydrogen-bond donors (Lipinski definition) is 3. The van der Waals surface area contributed by atoms with Gasteiger partial charge in [-0.05, 0) is 96.4 Å². The lowest BCUT2D eigenvalue weighted by molar-refractivity contribution is -0.143. The van der Waals surface area contributed by atoms with E-state index in [9.17, 15) is 14.4 Å². The van der Waals surface area contributed by atoms with Gasteiger partial charge in [0.15, 0.2) is 0 Å². The van der Waals surface area contributed by atoms with Gasteiger partial charge in [-0.1, -0.05) is 55.8 Å². The minimum atomic E-state index is -0.990. The summed E-state index contributed by atoms with van der Waals surface area (Å²) < 4.78 is 5.44. The Kier molecular flexibility index (Phi) is 12.3. The van der Waals surface area contributed by atoms with Crippen LogP contribution in [-0.4, -0.2) is 46.2 Å². The summed E-state index contributed by atoms with van der Waals surface area (Å²) in [7, 11) is 0. The molecule has 0 aliphatic carbocycles. The van der Waals surface area contributed by atoms with Crippen LogP contribution >= 0.6 is 12.6 Å². The second-order valence-electron chi connectivity index (χ2n) is 12.5. The van der Waals surface area contributed by atoms with Crippen LogP contribution in [0, 0.1) is 33.6 Å². The SMILES string of the molecule is Cc1ccc(C)c(C(C(=O)Nc2c(C)cccc2C)N(C(=O)C(CS)NC(=O)OC(C)(C)C)C(C)CCC(C)C)c1. The van der Waals surface area contributed by atoms with Crippen LogP contribution in [0.5, 0.6) is 0 Å². The average Bonchev–Trinajstić information content (AvgIpc) is 2.86. The lowest BCUT2D eigenvalue weighted by Gasteiger charge is -2.39. The summed E-state index contributed by atoms with van der Waals surface area (Å²) in [4.78, 5) is 43.1. The molecule has 0 saturated heterocycles. The summed E-state index contributed by atoms with van der Waals surface area (Å²) in [6, 6.07) is 9.55. The molecule has 0 bridgehead atoms. The maximum absolute atomic E-state index is 14.4. The van der Waals surface area contributed by atoms with Crippen molar-refractivity contribution in [1.29, 1.82) is 0 Å². The van der Waals surface area contributed by atoms with Crippen molar-refractivity contribution >= 4 is 36.2 Å². The predicted molar refractivity (Wildman–Crippen MR) is 171 cm³/mol. The summed E-state index contributed by atoms with van der Waals surface area (Å²) in [5.41, 5.74) is 4.49. The number of carbonyl (C=O) groups excluding carboxylic acids is 3. The molecular weight excluding hydrogens is 534 g/mol. The van der Waals surface area contributed by atoms with Gasteiger partial charge in [-0.25, -0.2) is 4.79 Å². The molecule has 3 unspecified atom stereocenters. The summed E-state index contributed by atoms with van der Waals surface area (Å²) in [6.07, 6.45) is 0.851. The van der Waals surface area contributed by atoms with E-state index in [0.717, 1.165) is 39.9 Å². The molecule has 8 heteroatoms. The molecule has 0 radical (unpaired) electrons. The number of rotatable bonds is 11. The molecule has 3 atom stereocenters. The van der Waals surface area contributed by atoms with E-state index in [2.05, 4.69) is 37.1 Å². The van der Waals surface area contributed by atoms with Crippen molar-refractivity contribution in [1.82, 2.24) is 10.2 Å². The molecule has 0 aromatic heterocycles. The Bertz CT molecular complexity index is 1200. The summed E-state index contributed by atoms with van der Waals surface area (Å²) >= 11 is 4.42. The van der Waals surface area contributed by atoms with Crippen molar-refractivity contribution in [2.24, 2.45) is 5.92 Å². The largest absolute Gasteiger partial charge is 0.444 e. The highest BCUT2D eigenvalue weighted by molar-refractivity contribution is 7.80. The number of para-hydroxylation sites is 1. The first kappa shape index (κ1) is 34.2. The Labute approximate surface area is 252 Å². The van der Waals surface area contributed by atoms with Crippen LogP contribution in [0.15, 0.2) is 36.4 Å². The first-order valence-corrected chi connectivity index (χ1v) is 15.1. The quantitative estimate of drug-likeness (QED) is 0.247. The third-order valence-corrected chi connectivity index (χ3v) is 7.41. The number of aryl methyl sites for hydroxylation is 4. The lowest BCUT2D eigenvalue weighted by Crippen LogP contribution is -2.55. The van der Waals surface area contributed by atoms with E-state index < -0.39 is 23.8 Å². The molecule has 0 fully saturated rings. The Hall–Kier alpha value is -3.00. The number of carbonyl (C=O) groups is 3. The molecule has 2 aromatic rings. The van der Waals surface area contributed by atoms with Crippen molar-refractivity contribution < 1.29 is 19.1 Å². The Balaban J connectivity index is 2.67. The number of alkyl carbamates (subject to hydrolysis) is 1. The number of anilines is 1. The van der Waals surface area contributed by atoms with E-state index in [1.807, 2.05) is 71.0 Å². The number of amides is 3. The first-order chi connectivity index (χ1) is 19.0. The minimum Gasteiger partial charge on any atom is -0.444 e. The number of hydrogen-bond acceptors (Lipinski definition) is 5. The van der Waals surface area contributed by atoms with E-state index in [-0.39, 0.29) is 23.6 Å². The van der Waals surface area contributed by atoms with Crippen molar-refractivity contribution in [2.45, 2.75) is 106 Å². The Morgan fingerprint density at radius 1 is 0.927 bits per heavy atom. The zero-order valence-corrected chi connectivity index (χ0v) is 27.3. The average molecular weight is 584 g/mol. The number of thiol groups is 1. The van der Waals surface area contributed by atoms with Crippen LogP contribution in [0.1, 0.15) is 88.2 Å². The molecule has 0 spiro atoms. The molecule has 0 saturated carbocycles. The monoisotopic (exact) mass is 583 g/mol. The van der Waals surface area contributed by atoms with Crippen LogP contribution in [0.2, 0.25) is 0 Å². The third kappa shape index (κ3) is 9.80. The van der Waals surface area contributed by atoms with Gasteiger partial charge in [0.05, 0.1) is 0 Å². The highest BCUT2D eigenvalue weighted by Gasteiger charge is 2.39. The second kappa shape index (κ2) is 14.8. The Morgan fingerprint density at radius 3 is 2.07 bits per heavy atom. The summed E-state index contributed by atoms with van der Waals surface area (Å²) in [6.45, 7) is 19.3. The van der Waals surface area contributed by atoms with Crippen LogP contribution in [0.25, 0.3) is 0 Å². The second-order valence-corrected chi connectivity index (χ2v) is 12.8. The van der Waals surface area contributed by atoms with E-state index in [0.29, 0.717) is 12.3 Å². The van der Waals surface area contributed by atoms with E-state index >= 15 is 0 Å². The number of nitrogens with zero attached hydrogens (tertiary/aromatic N) is 1. The number of ether oxygens (including phenoxy) is 1. The van der Waals surface area contributed by atoms with Gasteiger partial charge in [0, 0.05) is 17.5 Å². The van der Waals surface area contributed by atoms with Gasteiger partial charge in [-0.3, -0.25) is 9.59 Å². The molecule has 0 heterocycles. The zero-order valence-electron chi connectivity index (χ0n) is 26.4. The molecule has 0 aliphatic rings. The maximum Gasteiger partial charge on any atom is 0.408 e. The van der Waals surface area contributed by atoms with Crippen LogP contribution < -0.4 is 10.6 Å².